The number of rotatable bonds is 4. The molecule has 1 aromatic heterocycles. The van der Waals surface area contributed by atoms with Gasteiger partial charge in [-0.25, -0.2) is 0 Å². The first kappa shape index (κ1) is 13.9. The fraction of sp³-hybridized carbons (Fsp3) is 0.333. The summed E-state index contributed by atoms with van der Waals surface area (Å²) in [5.41, 5.74) is 5.98. The summed E-state index contributed by atoms with van der Waals surface area (Å²) in [5, 5.41) is 13.7. The third-order valence-electron chi connectivity index (χ3n) is 2.62. The van der Waals surface area contributed by atoms with Crippen molar-refractivity contribution in [2.24, 2.45) is 5.73 Å². The van der Waals surface area contributed by atoms with Crippen LogP contribution in [0.4, 0.5) is 5.69 Å². The zero-order valence-electron chi connectivity index (χ0n) is 11.5. The van der Waals surface area contributed by atoms with Gasteiger partial charge in [-0.05, 0) is 42.5 Å². The summed E-state index contributed by atoms with van der Waals surface area (Å²) in [6.45, 7) is 3.27. The Hall–Kier alpha value is -2.48. The van der Waals surface area contributed by atoms with E-state index >= 15 is 0 Å². The second kappa shape index (κ2) is 5.25. The van der Waals surface area contributed by atoms with Crippen LogP contribution < -0.4 is 15.8 Å². The van der Waals surface area contributed by atoms with Crippen LogP contribution in [0.2, 0.25) is 0 Å². The fourth-order valence-corrected chi connectivity index (χ4v) is 1.51. The summed E-state index contributed by atoms with van der Waals surface area (Å²) < 4.78 is 6.69. The van der Waals surface area contributed by atoms with Crippen molar-refractivity contribution in [3.8, 4) is 11.4 Å². The molecule has 1 amide bonds. The molecule has 20 heavy (non-hydrogen) atoms. The lowest BCUT2D eigenvalue weighted by atomic mass is 10.1. The maximum Gasteiger partial charge on any atom is 0.243 e. The van der Waals surface area contributed by atoms with Crippen LogP contribution in [-0.4, -0.2) is 38.8 Å². The molecule has 2 aromatic rings. The highest BCUT2D eigenvalue weighted by atomic mass is 16.5. The molecule has 1 aromatic carbocycles. The summed E-state index contributed by atoms with van der Waals surface area (Å²) in [5.74, 6) is 0.299. The lowest BCUT2D eigenvalue weighted by Crippen LogP contribution is -2.45. The van der Waals surface area contributed by atoms with E-state index in [0.29, 0.717) is 17.1 Å². The van der Waals surface area contributed by atoms with Crippen LogP contribution in [0, 0.1) is 0 Å². The lowest BCUT2D eigenvalue weighted by Gasteiger charge is -2.18. The molecule has 0 bridgehead atoms. The topological polar surface area (TPSA) is 108 Å². The molecule has 0 spiro atoms. The molecule has 3 N–H and O–H groups in total. The van der Waals surface area contributed by atoms with Crippen molar-refractivity contribution in [1.82, 2.24) is 20.2 Å². The molecule has 0 atom stereocenters. The first-order valence-corrected chi connectivity index (χ1v) is 5.93. The highest BCUT2D eigenvalue weighted by Crippen LogP contribution is 2.25. The predicted octanol–water partition coefficient (Wildman–Crippen LogP) is 0.347. The Morgan fingerprint density at radius 3 is 2.75 bits per heavy atom. The van der Waals surface area contributed by atoms with Gasteiger partial charge in [0, 0.05) is 5.69 Å². The van der Waals surface area contributed by atoms with Gasteiger partial charge in [-0.1, -0.05) is 0 Å². The number of tetrazole rings is 1. The van der Waals surface area contributed by atoms with Crippen LogP contribution in [0.1, 0.15) is 13.8 Å². The third-order valence-corrected chi connectivity index (χ3v) is 2.62. The number of nitrogens with zero attached hydrogens (tertiary/aromatic N) is 4. The van der Waals surface area contributed by atoms with E-state index in [4.69, 9.17) is 10.5 Å². The predicted molar refractivity (Wildman–Crippen MR) is 72.6 cm³/mol. The van der Waals surface area contributed by atoms with E-state index in [1.54, 1.807) is 39.2 Å². The van der Waals surface area contributed by atoms with E-state index in [0.717, 1.165) is 0 Å². The van der Waals surface area contributed by atoms with Crippen LogP contribution in [-0.2, 0) is 4.79 Å². The summed E-state index contributed by atoms with van der Waals surface area (Å²) in [6.07, 6.45) is 1.44. The van der Waals surface area contributed by atoms with E-state index in [9.17, 15) is 4.79 Å². The number of aromatic nitrogens is 4. The van der Waals surface area contributed by atoms with Gasteiger partial charge in [0.1, 0.15) is 17.8 Å². The number of carbonyl (C=O) groups excluding carboxylic acids is 1. The van der Waals surface area contributed by atoms with Crippen LogP contribution in [0.15, 0.2) is 24.5 Å². The van der Waals surface area contributed by atoms with Gasteiger partial charge in [-0.3, -0.25) is 4.79 Å². The van der Waals surface area contributed by atoms with Gasteiger partial charge in [0.15, 0.2) is 0 Å². The van der Waals surface area contributed by atoms with Gasteiger partial charge < -0.3 is 15.8 Å². The number of benzene rings is 1. The minimum absolute atomic E-state index is 0.287. The molecule has 8 nitrogen and oxygen atoms in total. The van der Waals surface area contributed by atoms with Crippen molar-refractivity contribution in [2.45, 2.75) is 19.4 Å². The number of amides is 1. The number of methoxy groups -OCH3 is 1. The molecule has 0 aliphatic heterocycles. The standard InChI is InChI=1S/C12H16N6O2/c1-12(2,13)11(19)15-8-4-5-10(20-3)9(6-8)18-7-14-16-17-18/h4-7H,13H2,1-3H3,(H,15,19). The zero-order valence-corrected chi connectivity index (χ0v) is 11.5. The molecule has 0 aliphatic rings. The smallest absolute Gasteiger partial charge is 0.243 e. The van der Waals surface area contributed by atoms with E-state index in [-0.39, 0.29) is 5.91 Å². The Labute approximate surface area is 115 Å². The number of anilines is 1. The fourth-order valence-electron chi connectivity index (χ4n) is 1.51. The van der Waals surface area contributed by atoms with E-state index in [1.807, 2.05) is 0 Å². The van der Waals surface area contributed by atoms with Gasteiger partial charge in [0.05, 0.1) is 12.6 Å². The van der Waals surface area contributed by atoms with Gasteiger partial charge in [0.25, 0.3) is 0 Å². The number of nitrogens with one attached hydrogen (secondary N) is 1. The summed E-state index contributed by atoms with van der Waals surface area (Å²) >= 11 is 0. The van der Waals surface area contributed by atoms with Crippen LogP contribution in [0.5, 0.6) is 5.75 Å². The second-order valence-corrected chi connectivity index (χ2v) is 4.82. The number of carbonyl (C=O) groups is 1. The van der Waals surface area contributed by atoms with Gasteiger partial charge >= 0.3 is 0 Å². The normalized spacial score (nSPS) is 11.2. The number of nitrogens with two attached hydrogens (primary N) is 1. The Kier molecular flexibility index (Phi) is 3.66. The van der Waals surface area contributed by atoms with Gasteiger partial charge in [-0.2, -0.15) is 4.68 Å². The van der Waals surface area contributed by atoms with Crippen LogP contribution >= 0.6 is 0 Å². The molecule has 0 aliphatic carbocycles. The second-order valence-electron chi connectivity index (χ2n) is 4.82. The van der Waals surface area contributed by atoms with Crippen LogP contribution in [0.25, 0.3) is 5.69 Å². The molecule has 1 heterocycles. The molecule has 0 fully saturated rings. The number of ether oxygens (including phenoxy) is 1. The average molecular weight is 276 g/mol. The van der Waals surface area contributed by atoms with E-state index in [1.165, 1.54) is 11.0 Å². The van der Waals surface area contributed by atoms with Crippen molar-refractivity contribution in [3.05, 3.63) is 24.5 Å². The lowest BCUT2D eigenvalue weighted by molar-refractivity contribution is -0.120. The maximum absolute atomic E-state index is 11.9. The molecular weight excluding hydrogens is 260 g/mol. The quantitative estimate of drug-likeness (QED) is 0.834. The van der Waals surface area contributed by atoms with Crippen LogP contribution in [0.3, 0.4) is 0 Å². The Balaban J connectivity index is 2.34. The molecule has 2 rings (SSSR count). The van der Waals surface area contributed by atoms with Crippen molar-refractivity contribution in [1.29, 1.82) is 0 Å². The maximum atomic E-state index is 11.9. The molecule has 0 unspecified atom stereocenters. The molecular formula is C12H16N6O2. The molecule has 8 heteroatoms. The first-order chi connectivity index (χ1) is 9.41. The highest BCUT2D eigenvalue weighted by molar-refractivity contribution is 5.97. The average Bonchev–Trinajstić information content (AvgIpc) is 2.91. The van der Waals surface area contributed by atoms with Crippen molar-refractivity contribution >= 4 is 11.6 Å². The number of hydrogen-bond donors (Lipinski definition) is 2. The van der Waals surface area contributed by atoms with Crippen molar-refractivity contribution in [2.75, 3.05) is 12.4 Å². The minimum Gasteiger partial charge on any atom is -0.494 e. The molecule has 0 saturated heterocycles. The Morgan fingerprint density at radius 1 is 1.45 bits per heavy atom. The Bertz CT molecular complexity index is 603. The summed E-state index contributed by atoms with van der Waals surface area (Å²) in [6, 6.07) is 5.14. The SMILES string of the molecule is COc1ccc(NC(=O)C(C)(C)N)cc1-n1cnnn1. The van der Waals surface area contributed by atoms with Gasteiger partial charge in [0.2, 0.25) is 5.91 Å². The van der Waals surface area contributed by atoms with E-state index < -0.39 is 5.54 Å². The molecule has 0 radical (unpaired) electrons. The summed E-state index contributed by atoms with van der Waals surface area (Å²) in [7, 11) is 1.55. The third kappa shape index (κ3) is 2.91. The van der Waals surface area contributed by atoms with Crippen molar-refractivity contribution in [3.63, 3.8) is 0 Å². The summed E-state index contributed by atoms with van der Waals surface area (Å²) in [4.78, 5) is 11.9. The van der Waals surface area contributed by atoms with Crippen molar-refractivity contribution < 1.29 is 9.53 Å². The van der Waals surface area contributed by atoms with E-state index in [2.05, 4.69) is 20.8 Å². The largest absolute Gasteiger partial charge is 0.494 e. The molecule has 0 saturated carbocycles. The Morgan fingerprint density at radius 2 is 2.20 bits per heavy atom. The molecule has 106 valence electrons. The van der Waals surface area contributed by atoms with Gasteiger partial charge in [-0.15, -0.1) is 5.10 Å². The minimum atomic E-state index is -0.963. The zero-order chi connectivity index (χ0) is 14.8. The monoisotopic (exact) mass is 276 g/mol. The number of hydrogen-bond acceptors (Lipinski definition) is 6. The highest BCUT2D eigenvalue weighted by Gasteiger charge is 2.22. The first-order valence-electron chi connectivity index (χ1n) is 5.93.